The summed E-state index contributed by atoms with van der Waals surface area (Å²) in [5.41, 5.74) is 2.14. The molecule has 0 bridgehead atoms. The van der Waals surface area contributed by atoms with Gasteiger partial charge in [-0.15, -0.1) is 0 Å². The van der Waals surface area contributed by atoms with Crippen LogP contribution in [0.4, 0.5) is 0 Å². The van der Waals surface area contributed by atoms with Gasteiger partial charge in [0.1, 0.15) is 0 Å². The highest BCUT2D eigenvalue weighted by atomic mass is 35.5. The van der Waals surface area contributed by atoms with Crippen LogP contribution in [0, 0.1) is 11.8 Å². The number of carboxylic acids is 1. The lowest BCUT2D eigenvalue weighted by atomic mass is 10.0. The highest BCUT2D eigenvalue weighted by Gasteiger charge is 2.60. The Bertz CT molecular complexity index is 470. The molecule has 3 rings (SSSR count). The minimum atomic E-state index is -0.702. The van der Waals surface area contributed by atoms with Gasteiger partial charge in [0, 0.05) is 16.0 Å². The van der Waals surface area contributed by atoms with E-state index in [-0.39, 0.29) is 17.8 Å². The van der Waals surface area contributed by atoms with Gasteiger partial charge in [-0.1, -0.05) is 23.2 Å². The molecule has 3 atom stereocenters. The Hall–Kier alpha value is -0.730. The predicted octanol–water partition coefficient (Wildman–Crippen LogP) is 2.96. The van der Waals surface area contributed by atoms with Crippen molar-refractivity contribution >= 4 is 29.2 Å². The second-order valence-corrected chi connectivity index (χ2v) is 5.06. The molecule has 1 aromatic carbocycles. The van der Waals surface area contributed by atoms with Gasteiger partial charge >= 0.3 is 5.97 Å². The smallest absolute Gasteiger partial charge is 0.307 e. The van der Waals surface area contributed by atoms with Crippen molar-refractivity contribution in [1.29, 1.82) is 0 Å². The molecule has 0 spiro atoms. The van der Waals surface area contributed by atoms with Crippen molar-refractivity contribution in [2.45, 2.75) is 12.3 Å². The third-order valence-electron chi connectivity index (χ3n) is 3.45. The highest BCUT2D eigenvalue weighted by Crippen LogP contribution is 2.62. The second kappa shape index (κ2) is 2.89. The van der Waals surface area contributed by atoms with E-state index in [1.807, 2.05) is 6.07 Å². The lowest BCUT2D eigenvalue weighted by Gasteiger charge is -2.07. The van der Waals surface area contributed by atoms with E-state index in [1.54, 1.807) is 6.07 Å². The Kier molecular flexibility index (Phi) is 1.83. The number of aliphatic carboxylic acids is 1. The van der Waals surface area contributed by atoms with Crippen molar-refractivity contribution in [3.8, 4) is 0 Å². The Morgan fingerprint density at radius 1 is 1.40 bits per heavy atom. The van der Waals surface area contributed by atoms with Crippen molar-refractivity contribution in [1.82, 2.24) is 0 Å². The van der Waals surface area contributed by atoms with Gasteiger partial charge in [-0.05, 0) is 35.6 Å². The third-order valence-corrected chi connectivity index (χ3v) is 4.00. The molecule has 78 valence electrons. The number of fused-ring (bicyclic) bond motifs is 3. The molecule has 0 amide bonds. The van der Waals surface area contributed by atoms with Crippen LogP contribution >= 0.6 is 23.2 Å². The molecule has 1 saturated carbocycles. The molecule has 0 heterocycles. The maximum absolute atomic E-state index is 10.9. The fraction of sp³-hybridized carbons (Fsp3) is 0.364. The van der Waals surface area contributed by atoms with Gasteiger partial charge in [0.2, 0.25) is 0 Å². The molecule has 2 aliphatic rings. The van der Waals surface area contributed by atoms with Gasteiger partial charge < -0.3 is 5.11 Å². The normalized spacial score (nSPS) is 30.9. The molecule has 2 nitrogen and oxygen atoms in total. The topological polar surface area (TPSA) is 37.3 Å². The number of hydrogen-bond donors (Lipinski definition) is 1. The maximum Gasteiger partial charge on any atom is 0.307 e. The van der Waals surface area contributed by atoms with E-state index in [2.05, 4.69) is 0 Å². The zero-order valence-corrected chi connectivity index (χ0v) is 9.22. The summed E-state index contributed by atoms with van der Waals surface area (Å²) in [5, 5.41) is 10.2. The van der Waals surface area contributed by atoms with Crippen LogP contribution in [0.5, 0.6) is 0 Å². The first kappa shape index (κ1) is 9.49. The van der Waals surface area contributed by atoms with E-state index in [1.165, 1.54) is 0 Å². The lowest BCUT2D eigenvalue weighted by Crippen LogP contribution is -2.05. The first-order valence-electron chi connectivity index (χ1n) is 4.80. The highest BCUT2D eigenvalue weighted by molar-refractivity contribution is 6.35. The van der Waals surface area contributed by atoms with Gasteiger partial charge in [-0.25, -0.2) is 0 Å². The van der Waals surface area contributed by atoms with Crippen molar-refractivity contribution < 1.29 is 9.90 Å². The van der Waals surface area contributed by atoms with E-state index >= 15 is 0 Å². The Labute approximate surface area is 96.8 Å². The summed E-state index contributed by atoms with van der Waals surface area (Å²) in [4.78, 5) is 10.9. The van der Waals surface area contributed by atoms with Crippen LogP contribution in [0.2, 0.25) is 10.0 Å². The average Bonchev–Trinajstić information content (AvgIpc) is 2.74. The van der Waals surface area contributed by atoms with E-state index in [0.717, 1.165) is 17.5 Å². The summed E-state index contributed by atoms with van der Waals surface area (Å²) >= 11 is 12.0. The first-order valence-corrected chi connectivity index (χ1v) is 5.56. The molecular weight excluding hydrogens is 235 g/mol. The molecule has 1 aromatic rings. The number of carboxylic acid groups (broad SMARTS) is 1. The summed E-state index contributed by atoms with van der Waals surface area (Å²) in [6, 6.07) is 3.58. The Morgan fingerprint density at radius 3 is 2.80 bits per heavy atom. The summed E-state index contributed by atoms with van der Waals surface area (Å²) in [6.45, 7) is 0. The number of halogens is 2. The van der Waals surface area contributed by atoms with E-state index in [9.17, 15) is 4.79 Å². The molecule has 0 saturated heterocycles. The summed E-state index contributed by atoms with van der Waals surface area (Å²) < 4.78 is 0. The van der Waals surface area contributed by atoms with Crippen LogP contribution in [-0.4, -0.2) is 11.1 Å². The van der Waals surface area contributed by atoms with Crippen LogP contribution in [0.1, 0.15) is 17.0 Å². The number of hydrogen-bond acceptors (Lipinski definition) is 1. The number of rotatable bonds is 1. The zero-order valence-electron chi connectivity index (χ0n) is 7.71. The van der Waals surface area contributed by atoms with E-state index < -0.39 is 5.97 Å². The summed E-state index contributed by atoms with van der Waals surface area (Å²) in [7, 11) is 0. The molecule has 15 heavy (non-hydrogen) atoms. The van der Waals surface area contributed by atoms with Gasteiger partial charge in [0.15, 0.2) is 0 Å². The minimum Gasteiger partial charge on any atom is -0.481 e. The third kappa shape index (κ3) is 1.21. The molecule has 0 unspecified atom stereocenters. The van der Waals surface area contributed by atoms with Crippen LogP contribution in [0.15, 0.2) is 12.1 Å². The summed E-state index contributed by atoms with van der Waals surface area (Å²) in [6.07, 6.45) is 0.785. The van der Waals surface area contributed by atoms with Crippen LogP contribution < -0.4 is 0 Å². The van der Waals surface area contributed by atoms with Crippen LogP contribution in [-0.2, 0) is 11.2 Å². The fourth-order valence-electron chi connectivity index (χ4n) is 2.76. The second-order valence-electron chi connectivity index (χ2n) is 4.21. The predicted molar refractivity (Wildman–Crippen MR) is 57.5 cm³/mol. The number of benzene rings is 1. The van der Waals surface area contributed by atoms with E-state index in [4.69, 9.17) is 28.3 Å². The molecule has 0 aliphatic heterocycles. The molecule has 2 aliphatic carbocycles. The first-order chi connectivity index (χ1) is 7.09. The van der Waals surface area contributed by atoms with Gasteiger partial charge in [-0.2, -0.15) is 0 Å². The van der Waals surface area contributed by atoms with Crippen molar-refractivity contribution in [3.63, 3.8) is 0 Å². The lowest BCUT2D eigenvalue weighted by molar-refractivity contribution is -0.139. The van der Waals surface area contributed by atoms with Gasteiger partial charge in [0.05, 0.1) is 5.92 Å². The van der Waals surface area contributed by atoms with Crippen molar-refractivity contribution in [2.24, 2.45) is 11.8 Å². The minimum absolute atomic E-state index is 0.147. The molecule has 1 N–H and O–H groups in total. The van der Waals surface area contributed by atoms with Crippen LogP contribution in [0.3, 0.4) is 0 Å². The molecule has 0 radical (unpaired) electrons. The molecule has 0 aromatic heterocycles. The Balaban J connectivity index is 2.05. The average molecular weight is 243 g/mol. The quantitative estimate of drug-likeness (QED) is 0.823. The Morgan fingerprint density at radius 2 is 2.13 bits per heavy atom. The molecular formula is C11H8Cl2O2. The van der Waals surface area contributed by atoms with Crippen molar-refractivity contribution in [2.75, 3.05) is 0 Å². The monoisotopic (exact) mass is 242 g/mol. The molecule has 1 fully saturated rings. The standard InChI is InChI=1S/C11H8Cl2O2/c12-4-1-6-5(8(13)2-4)3-7-9(6)10(7)11(14)15/h1-2,7,9-10H,3H2,(H,14,15)/t7-,9-,10-/m1/s1. The SMILES string of the molecule is O=C(O)[C@@H]1[C@@H]2Cc3c(Cl)cc(Cl)cc3[C@H]21. The molecule has 4 heteroatoms. The zero-order chi connectivity index (χ0) is 10.7. The van der Waals surface area contributed by atoms with Crippen LogP contribution in [0.25, 0.3) is 0 Å². The van der Waals surface area contributed by atoms with Gasteiger partial charge in [0.25, 0.3) is 0 Å². The van der Waals surface area contributed by atoms with Gasteiger partial charge in [-0.3, -0.25) is 4.79 Å². The summed E-state index contributed by atoms with van der Waals surface area (Å²) in [5.74, 6) is -0.527. The van der Waals surface area contributed by atoms with Crippen molar-refractivity contribution in [3.05, 3.63) is 33.3 Å². The fourth-order valence-corrected chi connectivity index (χ4v) is 3.35. The van der Waals surface area contributed by atoms with E-state index in [0.29, 0.717) is 10.0 Å². The largest absolute Gasteiger partial charge is 0.481 e. The maximum atomic E-state index is 10.9. The number of carbonyl (C=O) groups is 1.